The van der Waals surface area contributed by atoms with Crippen molar-refractivity contribution in [2.45, 2.75) is 58.9 Å². The largest absolute Gasteiger partial charge is 0.496 e. The maximum Gasteiger partial charge on any atom is 0.191 e. The first kappa shape index (κ1) is 24.4. The van der Waals surface area contributed by atoms with Crippen LogP contribution in [0.4, 0.5) is 0 Å². The molecule has 30 heavy (non-hydrogen) atoms. The molecule has 1 aliphatic heterocycles. The van der Waals surface area contributed by atoms with E-state index in [9.17, 15) is 0 Å². The number of ether oxygens (including phenoxy) is 1. The van der Waals surface area contributed by atoms with Crippen LogP contribution in [0.1, 0.15) is 49.0 Å². The van der Waals surface area contributed by atoms with Gasteiger partial charge in [-0.1, -0.05) is 24.1 Å². The molecule has 0 saturated heterocycles. The van der Waals surface area contributed by atoms with Crippen molar-refractivity contribution in [3.8, 4) is 5.75 Å². The molecule has 2 heterocycles. The lowest BCUT2D eigenvalue weighted by Gasteiger charge is -2.13. The summed E-state index contributed by atoms with van der Waals surface area (Å²) in [6.07, 6.45) is 6.46. The van der Waals surface area contributed by atoms with Crippen molar-refractivity contribution in [3.63, 3.8) is 0 Å². The number of fused-ring (bicyclic) bond motifs is 1. The van der Waals surface area contributed by atoms with Crippen LogP contribution < -0.4 is 15.4 Å². The molecule has 0 aliphatic carbocycles. The standard InChI is InChI=1S/C22H34N6O.HI/c1-4-23-22(24-13-11-18-16-17(2)9-10-19(18)29-3)25-14-12-21-27-26-20-8-6-5-7-15-28(20)21;/h9-10,16H,4-8,11-15H2,1-3H3,(H2,23,24,25);1H. The fourth-order valence-corrected chi connectivity index (χ4v) is 3.76. The number of guanidine groups is 1. The Labute approximate surface area is 197 Å². The number of halogens is 1. The number of benzene rings is 1. The highest BCUT2D eigenvalue weighted by atomic mass is 127. The van der Waals surface area contributed by atoms with Gasteiger partial charge in [0.2, 0.25) is 0 Å². The smallest absolute Gasteiger partial charge is 0.191 e. The summed E-state index contributed by atoms with van der Waals surface area (Å²) in [7, 11) is 1.72. The summed E-state index contributed by atoms with van der Waals surface area (Å²) in [6.45, 7) is 7.55. The van der Waals surface area contributed by atoms with E-state index >= 15 is 0 Å². The molecule has 7 nitrogen and oxygen atoms in total. The van der Waals surface area contributed by atoms with E-state index < -0.39 is 0 Å². The molecule has 0 spiro atoms. The number of aryl methyl sites for hydroxylation is 2. The predicted octanol–water partition coefficient (Wildman–Crippen LogP) is 3.28. The number of nitrogens with one attached hydrogen (secondary N) is 2. The third-order valence-electron chi connectivity index (χ3n) is 5.26. The third kappa shape index (κ3) is 6.85. The van der Waals surface area contributed by atoms with Crippen LogP contribution in [-0.4, -0.2) is 47.5 Å². The van der Waals surface area contributed by atoms with Crippen LogP contribution in [-0.2, 0) is 25.8 Å². The van der Waals surface area contributed by atoms with Gasteiger partial charge in [-0.15, -0.1) is 34.2 Å². The molecule has 2 aromatic rings. The minimum atomic E-state index is 0. The van der Waals surface area contributed by atoms with Gasteiger partial charge in [0, 0.05) is 39.0 Å². The first-order chi connectivity index (χ1) is 14.2. The zero-order chi connectivity index (χ0) is 20.5. The van der Waals surface area contributed by atoms with E-state index in [1.807, 2.05) is 6.07 Å². The van der Waals surface area contributed by atoms with Gasteiger partial charge < -0.3 is 19.9 Å². The van der Waals surface area contributed by atoms with Crippen LogP contribution in [0, 0.1) is 6.92 Å². The van der Waals surface area contributed by atoms with Gasteiger partial charge in [0.25, 0.3) is 0 Å². The van der Waals surface area contributed by atoms with Crippen LogP contribution in [0.3, 0.4) is 0 Å². The molecule has 1 aromatic heterocycles. The first-order valence-electron chi connectivity index (χ1n) is 10.8. The molecule has 0 fully saturated rings. The Kier molecular flexibility index (Phi) is 10.4. The van der Waals surface area contributed by atoms with Crippen molar-refractivity contribution in [3.05, 3.63) is 41.0 Å². The molecular formula is C22H35IN6O. The van der Waals surface area contributed by atoms with Gasteiger partial charge in [0.1, 0.15) is 17.4 Å². The lowest BCUT2D eigenvalue weighted by molar-refractivity contribution is 0.409. The summed E-state index contributed by atoms with van der Waals surface area (Å²) in [6, 6.07) is 6.29. The fraction of sp³-hybridized carbons (Fsp3) is 0.591. The molecule has 0 unspecified atom stereocenters. The predicted molar refractivity (Wildman–Crippen MR) is 132 cm³/mol. The van der Waals surface area contributed by atoms with Crippen LogP contribution in [0.15, 0.2) is 23.2 Å². The second-order valence-electron chi connectivity index (χ2n) is 7.50. The topological polar surface area (TPSA) is 76.4 Å². The molecule has 0 bridgehead atoms. The van der Waals surface area contributed by atoms with E-state index in [1.54, 1.807) is 7.11 Å². The van der Waals surface area contributed by atoms with Gasteiger partial charge in [-0.05, 0) is 44.7 Å². The van der Waals surface area contributed by atoms with Gasteiger partial charge in [-0.25, -0.2) is 0 Å². The summed E-state index contributed by atoms with van der Waals surface area (Å²) in [4.78, 5) is 4.73. The lowest BCUT2D eigenvalue weighted by atomic mass is 10.1. The van der Waals surface area contributed by atoms with E-state index in [4.69, 9.17) is 9.73 Å². The van der Waals surface area contributed by atoms with Crippen molar-refractivity contribution < 1.29 is 4.74 Å². The summed E-state index contributed by atoms with van der Waals surface area (Å²) >= 11 is 0. The fourth-order valence-electron chi connectivity index (χ4n) is 3.76. The van der Waals surface area contributed by atoms with Crippen molar-refractivity contribution in [2.75, 3.05) is 26.7 Å². The molecule has 8 heteroatoms. The Hall–Kier alpha value is -1.84. The zero-order valence-electron chi connectivity index (χ0n) is 18.4. The summed E-state index contributed by atoms with van der Waals surface area (Å²) in [5.74, 6) is 3.98. The molecule has 2 N–H and O–H groups in total. The van der Waals surface area contributed by atoms with Gasteiger partial charge in [-0.3, -0.25) is 4.99 Å². The number of hydrogen-bond donors (Lipinski definition) is 2. The van der Waals surface area contributed by atoms with Crippen LogP contribution in [0.5, 0.6) is 5.75 Å². The molecule has 0 atom stereocenters. The van der Waals surface area contributed by atoms with E-state index in [1.165, 1.54) is 30.4 Å². The van der Waals surface area contributed by atoms with E-state index in [2.05, 4.69) is 51.4 Å². The van der Waals surface area contributed by atoms with E-state index in [0.29, 0.717) is 6.54 Å². The summed E-state index contributed by atoms with van der Waals surface area (Å²) in [5.41, 5.74) is 2.45. The minimum absolute atomic E-state index is 0. The molecule has 166 valence electrons. The summed E-state index contributed by atoms with van der Waals surface area (Å²) in [5, 5.41) is 15.5. The van der Waals surface area contributed by atoms with Crippen LogP contribution in [0.2, 0.25) is 0 Å². The second kappa shape index (κ2) is 12.8. The molecular weight excluding hydrogens is 491 g/mol. The van der Waals surface area contributed by atoms with Gasteiger partial charge >= 0.3 is 0 Å². The molecule has 3 rings (SSSR count). The number of hydrogen-bond acceptors (Lipinski definition) is 4. The molecule has 1 aliphatic rings. The maximum atomic E-state index is 5.48. The normalized spacial score (nSPS) is 13.8. The van der Waals surface area contributed by atoms with Crippen molar-refractivity contribution in [1.82, 2.24) is 25.4 Å². The highest BCUT2D eigenvalue weighted by Crippen LogP contribution is 2.19. The second-order valence-corrected chi connectivity index (χ2v) is 7.50. The highest BCUT2D eigenvalue weighted by Gasteiger charge is 2.14. The van der Waals surface area contributed by atoms with Gasteiger partial charge in [-0.2, -0.15) is 0 Å². The third-order valence-corrected chi connectivity index (χ3v) is 5.26. The minimum Gasteiger partial charge on any atom is -0.496 e. The molecule has 1 aromatic carbocycles. The molecule has 0 radical (unpaired) electrons. The lowest BCUT2D eigenvalue weighted by Crippen LogP contribution is -2.38. The van der Waals surface area contributed by atoms with E-state index in [0.717, 1.165) is 62.3 Å². The molecule has 0 amide bonds. The van der Waals surface area contributed by atoms with Crippen LogP contribution >= 0.6 is 24.0 Å². The quantitative estimate of drug-likeness (QED) is 0.314. The van der Waals surface area contributed by atoms with Crippen molar-refractivity contribution >= 4 is 29.9 Å². The number of aromatic nitrogens is 3. The Morgan fingerprint density at radius 3 is 2.83 bits per heavy atom. The SMILES string of the molecule is CCNC(=NCCc1nnc2n1CCCCC2)NCCc1cc(C)ccc1OC.I. The molecule has 0 saturated carbocycles. The first-order valence-corrected chi connectivity index (χ1v) is 10.8. The average molecular weight is 526 g/mol. The number of aliphatic imine (C=N–C) groups is 1. The average Bonchev–Trinajstić information content (AvgIpc) is 2.94. The van der Waals surface area contributed by atoms with Gasteiger partial charge in [0.05, 0.1) is 7.11 Å². The number of nitrogens with zero attached hydrogens (tertiary/aromatic N) is 4. The number of rotatable bonds is 8. The Bertz CT molecular complexity index is 820. The van der Waals surface area contributed by atoms with Crippen LogP contribution in [0.25, 0.3) is 0 Å². The number of methoxy groups -OCH3 is 1. The van der Waals surface area contributed by atoms with E-state index in [-0.39, 0.29) is 24.0 Å². The highest BCUT2D eigenvalue weighted by molar-refractivity contribution is 14.0. The Balaban J connectivity index is 0.00000320. The maximum absolute atomic E-state index is 5.48. The Morgan fingerprint density at radius 2 is 2.03 bits per heavy atom. The van der Waals surface area contributed by atoms with Crippen molar-refractivity contribution in [2.24, 2.45) is 4.99 Å². The summed E-state index contributed by atoms with van der Waals surface area (Å²) < 4.78 is 7.78. The Morgan fingerprint density at radius 1 is 1.17 bits per heavy atom. The van der Waals surface area contributed by atoms with Crippen molar-refractivity contribution in [1.29, 1.82) is 0 Å². The van der Waals surface area contributed by atoms with Gasteiger partial charge in [0.15, 0.2) is 5.96 Å². The monoisotopic (exact) mass is 526 g/mol. The zero-order valence-corrected chi connectivity index (χ0v) is 20.7.